The van der Waals surface area contributed by atoms with Crippen LogP contribution in [0.15, 0.2) is 22.5 Å². The summed E-state index contributed by atoms with van der Waals surface area (Å²) in [6, 6.07) is 4.96. The first-order valence-electron chi connectivity index (χ1n) is 9.02. The molecular weight excluding hydrogens is 431 g/mol. The number of piperidine rings is 1. The van der Waals surface area contributed by atoms with Crippen molar-refractivity contribution in [3.8, 4) is 0 Å². The molecule has 0 bridgehead atoms. The van der Waals surface area contributed by atoms with Gasteiger partial charge in [0, 0.05) is 30.6 Å². The smallest absolute Gasteiger partial charge is 0.191 e. The van der Waals surface area contributed by atoms with Gasteiger partial charge in [0.05, 0.1) is 0 Å². The Balaban J connectivity index is 0.00000288. The molecule has 1 aliphatic rings. The fourth-order valence-electron chi connectivity index (χ4n) is 3.29. The van der Waals surface area contributed by atoms with Crippen molar-refractivity contribution in [2.24, 2.45) is 10.9 Å². The van der Waals surface area contributed by atoms with E-state index in [2.05, 4.69) is 53.9 Å². The quantitative estimate of drug-likeness (QED) is 0.276. The lowest BCUT2D eigenvalue weighted by Crippen LogP contribution is -2.40. The Morgan fingerprint density at radius 2 is 2.21 bits per heavy atom. The molecule has 2 unspecified atom stereocenters. The van der Waals surface area contributed by atoms with Crippen molar-refractivity contribution in [3.63, 3.8) is 0 Å². The van der Waals surface area contributed by atoms with Gasteiger partial charge in [-0.3, -0.25) is 9.89 Å². The van der Waals surface area contributed by atoms with Gasteiger partial charge in [-0.05, 0) is 57.1 Å². The maximum absolute atomic E-state index is 4.88. The van der Waals surface area contributed by atoms with Crippen LogP contribution in [0.3, 0.4) is 0 Å². The van der Waals surface area contributed by atoms with E-state index in [1.165, 1.54) is 37.1 Å². The van der Waals surface area contributed by atoms with E-state index in [9.17, 15) is 0 Å². The molecule has 4 nitrogen and oxygen atoms in total. The summed E-state index contributed by atoms with van der Waals surface area (Å²) in [6.45, 7) is 8.35. The van der Waals surface area contributed by atoms with Gasteiger partial charge in [0.2, 0.25) is 0 Å². The van der Waals surface area contributed by atoms with Gasteiger partial charge in [-0.2, -0.15) is 0 Å². The maximum Gasteiger partial charge on any atom is 0.191 e. The Hall–Kier alpha value is -0.340. The van der Waals surface area contributed by atoms with Gasteiger partial charge in [0.1, 0.15) is 0 Å². The molecule has 1 fully saturated rings. The van der Waals surface area contributed by atoms with Crippen LogP contribution in [0.4, 0.5) is 0 Å². The topological polar surface area (TPSA) is 39.7 Å². The zero-order valence-electron chi connectivity index (χ0n) is 15.3. The molecule has 0 spiro atoms. The summed E-state index contributed by atoms with van der Waals surface area (Å²) < 4.78 is 0. The second-order valence-electron chi connectivity index (χ2n) is 6.34. The van der Waals surface area contributed by atoms with E-state index in [0.29, 0.717) is 12.0 Å². The lowest BCUT2D eigenvalue weighted by molar-refractivity contribution is 0.128. The number of likely N-dealkylation sites (tertiary alicyclic amines) is 1. The molecule has 0 aliphatic carbocycles. The van der Waals surface area contributed by atoms with Gasteiger partial charge in [-0.15, -0.1) is 35.3 Å². The molecule has 1 aromatic heterocycles. The first kappa shape index (κ1) is 21.7. The lowest BCUT2D eigenvalue weighted by atomic mass is 9.88. The van der Waals surface area contributed by atoms with E-state index in [0.717, 1.165) is 25.6 Å². The average Bonchev–Trinajstić information content (AvgIpc) is 3.06. The Kier molecular flexibility index (Phi) is 10.9. The number of rotatable bonds is 7. The summed E-state index contributed by atoms with van der Waals surface area (Å²) in [5, 5.41) is 9.01. The minimum atomic E-state index is 0. The van der Waals surface area contributed by atoms with Crippen LogP contribution in [0.2, 0.25) is 0 Å². The monoisotopic (exact) mass is 464 g/mol. The molecule has 1 saturated heterocycles. The molecule has 1 aliphatic heterocycles. The first-order chi connectivity index (χ1) is 11.3. The average molecular weight is 464 g/mol. The molecule has 1 aromatic rings. The second-order valence-corrected chi connectivity index (χ2v) is 7.32. The number of hydrogen-bond acceptors (Lipinski definition) is 3. The van der Waals surface area contributed by atoms with Gasteiger partial charge in [-0.25, -0.2) is 0 Å². The van der Waals surface area contributed by atoms with Crippen LogP contribution in [0.25, 0.3) is 0 Å². The molecule has 24 heavy (non-hydrogen) atoms. The van der Waals surface area contributed by atoms with Gasteiger partial charge >= 0.3 is 0 Å². The number of nitrogens with zero attached hydrogens (tertiary/aromatic N) is 2. The number of nitrogens with one attached hydrogen (secondary N) is 2. The van der Waals surface area contributed by atoms with Crippen molar-refractivity contribution in [2.45, 2.75) is 45.6 Å². The molecule has 0 amide bonds. The van der Waals surface area contributed by atoms with E-state index in [1.54, 1.807) is 0 Å². The van der Waals surface area contributed by atoms with Crippen LogP contribution in [-0.2, 0) is 0 Å². The summed E-state index contributed by atoms with van der Waals surface area (Å²) in [4.78, 5) is 8.87. The molecular formula is C18H33IN4S. The fourth-order valence-corrected chi connectivity index (χ4v) is 4.28. The highest BCUT2D eigenvalue weighted by atomic mass is 127. The summed E-state index contributed by atoms with van der Waals surface area (Å²) >= 11 is 1.88. The molecule has 0 saturated carbocycles. The second kappa shape index (κ2) is 12.1. The zero-order valence-corrected chi connectivity index (χ0v) is 18.4. The number of guanidine groups is 1. The Morgan fingerprint density at radius 1 is 1.38 bits per heavy atom. The molecule has 2 rings (SSSR count). The number of unbranched alkanes of at least 4 members (excludes halogenated alkanes) is 1. The molecule has 2 N–H and O–H groups in total. The Labute approximate surface area is 168 Å². The predicted molar refractivity (Wildman–Crippen MR) is 117 cm³/mol. The van der Waals surface area contributed by atoms with E-state index in [1.807, 2.05) is 11.3 Å². The van der Waals surface area contributed by atoms with Gasteiger partial charge in [0.25, 0.3) is 0 Å². The highest BCUT2D eigenvalue weighted by Gasteiger charge is 2.30. The number of thiophene rings is 1. The Morgan fingerprint density at radius 3 is 2.88 bits per heavy atom. The van der Waals surface area contributed by atoms with E-state index in [-0.39, 0.29) is 24.0 Å². The van der Waals surface area contributed by atoms with Gasteiger partial charge < -0.3 is 10.6 Å². The maximum atomic E-state index is 4.88. The number of halogens is 1. The SMILES string of the molecule is CCCCNC(=NCC1CCCN(C)C1c1cccs1)NCC.I. The van der Waals surface area contributed by atoms with Crippen molar-refractivity contribution >= 4 is 41.3 Å². The molecule has 0 aromatic carbocycles. The highest BCUT2D eigenvalue weighted by molar-refractivity contribution is 14.0. The van der Waals surface area contributed by atoms with Crippen LogP contribution < -0.4 is 10.6 Å². The first-order valence-corrected chi connectivity index (χ1v) is 9.90. The lowest BCUT2D eigenvalue weighted by Gasteiger charge is -2.38. The predicted octanol–water partition coefficient (Wildman–Crippen LogP) is 4.10. The zero-order chi connectivity index (χ0) is 16.5. The van der Waals surface area contributed by atoms with Crippen LogP contribution in [0.5, 0.6) is 0 Å². The molecule has 2 atom stereocenters. The van der Waals surface area contributed by atoms with Gasteiger partial charge in [0.15, 0.2) is 5.96 Å². The molecule has 6 heteroatoms. The minimum Gasteiger partial charge on any atom is -0.357 e. The largest absolute Gasteiger partial charge is 0.357 e. The van der Waals surface area contributed by atoms with Crippen LogP contribution >= 0.6 is 35.3 Å². The highest BCUT2D eigenvalue weighted by Crippen LogP contribution is 2.37. The molecule has 0 radical (unpaired) electrons. The van der Waals surface area contributed by atoms with Crippen LogP contribution in [0, 0.1) is 5.92 Å². The normalized spacial score (nSPS) is 22.0. The summed E-state index contributed by atoms with van der Waals surface area (Å²) in [5.41, 5.74) is 0. The van der Waals surface area contributed by atoms with Crippen molar-refractivity contribution < 1.29 is 0 Å². The third kappa shape index (κ3) is 6.52. The van der Waals surface area contributed by atoms with Crippen molar-refractivity contribution in [1.29, 1.82) is 0 Å². The summed E-state index contributed by atoms with van der Waals surface area (Å²) in [7, 11) is 2.25. The van der Waals surface area contributed by atoms with E-state index in [4.69, 9.17) is 4.99 Å². The third-order valence-electron chi connectivity index (χ3n) is 4.49. The van der Waals surface area contributed by atoms with E-state index >= 15 is 0 Å². The molecule has 138 valence electrons. The van der Waals surface area contributed by atoms with Crippen molar-refractivity contribution in [2.75, 3.05) is 33.2 Å². The van der Waals surface area contributed by atoms with E-state index < -0.39 is 0 Å². The van der Waals surface area contributed by atoms with Gasteiger partial charge in [-0.1, -0.05) is 19.4 Å². The minimum absolute atomic E-state index is 0. The van der Waals surface area contributed by atoms with Crippen molar-refractivity contribution in [3.05, 3.63) is 22.4 Å². The van der Waals surface area contributed by atoms with Crippen LogP contribution in [0.1, 0.15) is 50.4 Å². The third-order valence-corrected chi connectivity index (χ3v) is 5.44. The Bertz CT molecular complexity index is 464. The molecule has 2 heterocycles. The fraction of sp³-hybridized carbons (Fsp3) is 0.722. The van der Waals surface area contributed by atoms with Crippen molar-refractivity contribution in [1.82, 2.24) is 15.5 Å². The standard InChI is InChI=1S/C18H32N4S.HI/c1-4-6-11-20-18(19-5-2)21-14-15-9-7-12-22(3)17(15)16-10-8-13-23-16;/h8,10,13,15,17H,4-7,9,11-12,14H2,1-3H3,(H2,19,20,21);1H. The van der Waals surface area contributed by atoms with Crippen LogP contribution in [-0.4, -0.2) is 44.1 Å². The number of aliphatic imine (C=N–C) groups is 1. The number of hydrogen-bond donors (Lipinski definition) is 2. The summed E-state index contributed by atoms with van der Waals surface area (Å²) in [5.74, 6) is 1.58. The summed E-state index contributed by atoms with van der Waals surface area (Å²) in [6.07, 6.45) is 4.94.